The Balaban J connectivity index is 2.54. The molecule has 0 radical (unpaired) electrons. The van der Waals surface area contributed by atoms with Gasteiger partial charge in [-0.2, -0.15) is 0 Å². The zero-order valence-corrected chi connectivity index (χ0v) is 8.00. The summed E-state index contributed by atoms with van der Waals surface area (Å²) in [5, 5.41) is 0. The smallest absolute Gasteiger partial charge is 0.232 e. The van der Waals surface area contributed by atoms with E-state index < -0.39 is 11.3 Å². The lowest BCUT2D eigenvalue weighted by molar-refractivity contribution is 0.414. The molecule has 1 unspecified atom stereocenters. The minimum absolute atomic E-state index is 0.368. The van der Waals surface area contributed by atoms with Gasteiger partial charge < -0.3 is 4.74 Å². The SMILES string of the molecule is COc1ccc(CNS(=O)O)cc1. The van der Waals surface area contributed by atoms with Crippen molar-refractivity contribution < 1.29 is 13.5 Å². The standard InChI is InChI=1S/C8H11NO3S/c1-12-8-4-2-7(3-5-8)6-9-13(10)11/h2-5,9H,6H2,1H3,(H,10,11). The Morgan fingerprint density at radius 2 is 2.08 bits per heavy atom. The maximum Gasteiger partial charge on any atom is 0.232 e. The van der Waals surface area contributed by atoms with Crippen LogP contribution in [-0.4, -0.2) is 15.9 Å². The van der Waals surface area contributed by atoms with Crippen molar-refractivity contribution in [1.29, 1.82) is 0 Å². The Morgan fingerprint density at radius 3 is 2.54 bits per heavy atom. The molecule has 0 spiro atoms. The summed E-state index contributed by atoms with van der Waals surface area (Å²) < 4.78 is 26.1. The molecule has 1 aromatic carbocycles. The Kier molecular flexibility index (Phi) is 3.88. The first-order chi connectivity index (χ1) is 6.22. The molecule has 4 nitrogen and oxygen atoms in total. The number of rotatable bonds is 4. The largest absolute Gasteiger partial charge is 0.497 e. The lowest BCUT2D eigenvalue weighted by Gasteiger charge is -2.02. The highest BCUT2D eigenvalue weighted by Gasteiger charge is 1.95. The molecular weight excluding hydrogens is 190 g/mol. The van der Waals surface area contributed by atoms with Gasteiger partial charge in [0.1, 0.15) is 5.75 Å². The summed E-state index contributed by atoms with van der Waals surface area (Å²) in [4.78, 5) is 0. The number of methoxy groups -OCH3 is 1. The molecule has 13 heavy (non-hydrogen) atoms. The van der Waals surface area contributed by atoms with Gasteiger partial charge in [0.2, 0.25) is 11.3 Å². The van der Waals surface area contributed by atoms with Crippen LogP contribution in [0.3, 0.4) is 0 Å². The van der Waals surface area contributed by atoms with Gasteiger partial charge in [-0.1, -0.05) is 12.1 Å². The zero-order valence-electron chi connectivity index (χ0n) is 7.19. The maximum absolute atomic E-state index is 10.3. The normalized spacial score (nSPS) is 12.5. The topological polar surface area (TPSA) is 58.6 Å². The van der Waals surface area contributed by atoms with Crippen LogP contribution in [0.2, 0.25) is 0 Å². The van der Waals surface area contributed by atoms with Crippen molar-refractivity contribution in [1.82, 2.24) is 4.72 Å². The molecule has 0 aliphatic rings. The average molecular weight is 201 g/mol. The van der Waals surface area contributed by atoms with E-state index >= 15 is 0 Å². The fraction of sp³-hybridized carbons (Fsp3) is 0.250. The summed E-state index contributed by atoms with van der Waals surface area (Å²) >= 11 is -1.95. The maximum atomic E-state index is 10.3. The lowest BCUT2D eigenvalue weighted by atomic mass is 10.2. The van der Waals surface area contributed by atoms with Gasteiger partial charge in [-0.05, 0) is 17.7 Å². The second kappa shape index (κ2) is 4.96. The summed E-state index contributed by atoms with van der Waals surface area (Å²) in [6, 6.07) is 7.27. The summed E-state index contributed by atoms with van der Waals surface area (Å²) in [5.74, 6) is 0.772. The van der Waals surface area contributed by atoms with Gasteiger partial charge in [-0.15, -0.1) is 0 Å². The van der Waals surface area contributed by atoms with Crippen molar-refractivity contribution in [3.63, 3.8) is 0 Å². The molecule has 0 aliphatic heterocycles. The molecule has 2 N–H and O–H groups in total. The third-order valence-electron chi connectivity index (χ3n) is 1.56. The van der Waals surface area contributed by atoms with E-state index in [2.05, 4.69) is 4.72 Å². The number of benzene rings is 1. The van der Waals surface area contributed by atoms with E-state index in [0.29, 0.717) is 6.54 Å². The van der Waals surface area contributed by atoms with Gasteiger partial charge in [0, 0.05) is 6.54 Å². The minimum atomic E-state index is -1.95. The van der Waals surface area contributed by atoms with Crippen LogP contribution in [0.25, 0.3) is 0 Å². The van der Waals surface area contributed by atoms with E-state index in [1.807, 2.05) is 12.1 Å². The van der Waals surface area contributed by atoms with Crippen LogP contribution in [0.5, 0.6) is 5.75 Å². The van der Waals surface area contributed by atoms with Crippen molar-refractivity contribution in [3.8, 4) is 5.75 Å². The highest BCUT2D eigenvalue weighted by molar-refractivity contribution is 7.77. The predicted octanol–water partition coefficient (Wildman–Crippen LogP) is 0.921. The predicted molar refractivity (Wildman–Crippen MR) is 50.6 cm³/mol. The molecule has 5 heteroatoms. The fourth-order valence-electron chi connectivity index (χ4n) is 0.888. The highest BCUT2D eigenvalue weighted by atomic mass is 32.2. The second-order valence-electron chi connectivity index (χ2n) is 2.42. The molecule has 0 saturated carbocycles. The van der Waals surface area contributed by atoms with Crippen LogP contribution < -0.4 is 9.46 Å². The third-order valence-corrected chi connectivity index (χ3v) is 1.95. The molecule has 0 bridgehead atoms. The van der Waals surface area contributed by atoms with Crippen molar-refractivity contribution in [2.75, 3.05) is 7.11 Å². The van der Waals surface area contributed by atoms with Crippen LogP contribution in [0.15, 0.2) is 24.3 Å². The summed E-state index contributed by atoms with van der Waals surface area (Å²) in [7, 11) is 1.59. The zero-order chi connectivity index (χ0) is 9.68. The third kappa shape index (κ3) is 3.54. The van der Waals surface area contributed by atoms with Gasteiger partial charge in [0.25, 0.3) is 0 Å². The molecule has 0 saturated heterocycles. The van der Waals surface area contributed by atoms with Gasteiger partial charge in [0.05, 0.1) is 7.11 Å². The quantitative estimate of drug-likeness (QED) is 0.712. The molecule has 1 aromatic rings. The van der Waals surface area contributed by atoms with Gasteiger partial charge in [0.15, 0.2) is 0 Å². The number of nitrogens with one attached hydrogen (secondary N) is 1. The number of hydrogen-bond acceptors (Lipinski definition) is 2. The average Bonchev–Trinajstić information content (AvgIpc) is 2.15. The van der Waals surface area contributed by atoms with Crippen LogP contribution in [0, 0.1) is 0 Å². The monoisotopic (exact) mass is 201 g/mol. The van der Waals surface area contributed by atoms with Gasteiger partial charge in [-0.25, -0.2) is 8.93 Å². The number of hydrogen-bond donors (Lipinski definition) is 2. The highest BCUT2D eigenvalue weighted by Crippen LogP contribution is 2.10. The Morgan fingerprint density at radius 1 is 1.46 bits per heavy atom. The van der Waals surface area contributed by atoms with Gasteiger partial charge in [-0.3, -0.25) is 4.55 Å². The van der Waals surface area contributed by atoms with Crippen LogP contribution in [0.4, 0.5) is 0 Å². The lowest BCUT2D eigenvalue weighted by Crippen LogP contribution is -2.15. The first-order valence-corrected chi connectivity index (χ1v) is 4.80. The van der Waals surface area contributed by atoms with E-state index in [0.717, 1.165) is 11.3 Å². The fourth-order valence-corrected chi connectivity index (χ4v) is 1.18. The van der Waals surface area contributed by atoms with Crippen LogP contribution in [-0.2, 0) is 17.8 Å². The van der Waals surface area contributed by atoms with Crippen molar-refractivity contribution in [2.24, 2.45) is 0 Å². The molecule has 0 heterocycles. The second-order valence-corrected chi connectivity index (χ2v) is 3.21. The van der Waals surface area contributed by atoms with E-state index in [1.54, 1.807) is 19.2 Å². The molecular formula is C8H11NO3S. The molecule has 0 aliphatic carbocycles. The van der Waals surface area contributed by atoms with E-state index in [9.17, 15) is 4.21 Å². The Labute approximate surface area is 79.3 Å². The van der Waals surface area contributed by atoms with Crippen molar-refractivity contribution in [3.05, 3.63) is 29.8 Å². The number of ether oxygens (including phenoxy) is 1. The first-order valence-electron chi connectivity index (χ1n) is 3.69. The van der Waals surface area contributed by atoms with E-state index in [1.165, 1.54) is 0 Å². The first kappa shape index (κ1) is 10.2. The minimum Gasteiger partial charge on any atom is -0.497 e. The molecule has 1 atom stereocenters. The summed E-state index contributed by atoms with van der Waals surface area (Å²) in [6.45, 7) is 0.368. The molecule has 0 amide bonds. The van der Waals surface area contributed by atoms with Crippen molar-refractivity contribution in [2.45, 2.75) is 6.54 Å². The van der Waals surface area contributed by atoms with Crippen molar-refractivity contribution >= 4 is 11.3 Å². The molecule has 0 fully saturated rings. The summed E-state index contributed by atoms with van der Waals surface area (Å²) in [6.07, 6.45) is 0. The molecule has 1 rings (SSSR count). The molecule has 0 aromatic heterocycles. The van der Waals surface area contributed by atoms with E-state index in [-0.39, 0.29) is 0 Å². The van der Waals surface area contributed by atoms with Gasteiger partial charge >= 0.3 is 0 Å². The van der Waals surface area contributed by atoms with Crippen LogP contribution >= 0.6 is 0 Å². The Hall–Kier alpha value is -0.910. The Bertz CT molecular complexity index is 286. The molecule has 72 valence electrons. The van der Waals surface area contributed by atoms with Crippen LogP contribution in [0.1, 0.15) is 5.56 Å². The van der Waals surface area contributed by atoms with E-state index in [4.69, 9.17) is 9.29 Å². The summed E-state index contributed by atoms with van der Waals surface area (Å²) in [5.41, 5.74) is 0.934.